The van der Waals surface area contributed by atoms with Gasteiger partial charge in [0.15, 0.2) is 0 Å². The van der Waals surface area contributed by atoms with E-state index >= 15 is 0 Å². The van der Waals surface area contributed by atoms with Crippen molar-refractivity contribution < 1.29 is 0 Å². The molecule has 1 aromatic carbocycles. The lowest BCUT2D eigenvalue weighted by Gasteiger charge is -2.36. The highest BCUT2D eigenvalue weighted by atomic mass is 15.0. The van der Waals surface area contributed by atoms with E-state index in [9.17, 15) is 0 Å². The maximum absolute atomic E-state index is 3.94. The second-order valence-corrected chi connectivity index (χ2v) is 7.21. The molecule has 1 N–H and O–H groups in total. The summed E-state index contributed by atoms with van der Waals surface area (Å²) in [7, 11) is 0. The maximum Gasteiger partial charge on any atom is 0.0322 e. The molecule has 1 aliphatic carbocycles. The third-order valence-electron chi connectivity index (χ3n) is 4.82. The molecule has 1 nitrogen and oxygen atoms in total. The van der Waals surface area contributed by atoms with Crippen LogP contribution in [0.25, 0.3) is 0 Å². The van der Waals surface area contributed by atoms with Crippen LogP contribution < -0.4 is 5.32 Å². The summed E-state index contributed by atoms with van der Waals surface area (Å²) < 4.78 is 0. The first kappa shape index (κ1) is 15.6. The van der Waals surface area contributed by atoms with E-state index in [0.717, 1.165) is 0 Å². The second kappa shape index (κ2) is 7.26. The van der Waals surface area contributed by atoms with Gasteiger partial charge in [0.1, 0.15) is 0 Å². The van der Waals surface area contributed by atoms with E-state index in [1.807, 2.05) is 0 Å². The first-order valence-electron chi connectivity index (χ1n) is 8.42. The van der Waals surface area contributed by atoms with Gasteiger partial charge in [-0.05, 0) is 43.1 Å². The van der Waals surface area contributed by atoms with Crippen LogP contribution in [0.15, 0.2) is 30.3 Å². The minimum absolute atomic E-state index is 0.544. The zero-order valence-electron chi connectivity index (χ0n) is 13.5. The summed E-state index contributed by atoms with van der Waals surface area (Å²) in [6.07, 6.45) is 9.25. The summed E-state index contributed by atoms with van der Waals surface area (Å²) in [6.45, 7) is 7.11. The standard InChI is InChI=1S/C19H31N/c1-4-5-11-18(16-9-7-6-8-10-16)20-17-12-14-19(2,3)15-13-17/h6-10,17-18,20H,4-5,11-15H2,1-3H3. The van der Waals surface area contributed by atoms with Crippen LogP contribution in [0.3, 0.4) is 0 Å². The van der Waals surface area contributed by atoms with Crippen LogP contribution in [0.2, 0.25) is 0 Å². The van der Waals surface area contributed by atoms with Crippen LogP contribution in [0.1, 0.15) is 77.3 Å². The van der Waals surface area contributed by atoms with Gasteiger partial charge in [0.2, 0.25) is 0 Å². The van der Waals surface area contributed by atoms with Gasteiger partial charge in [-0.1, -0.05) is 63.9 Å². The largest absolute Gasteiger partial charge is 0.307 e. The average molecular weight is 273 g/mol. The predicted molar refractivity (Wildman–Crippen MR) is 87.9 cm³/mol. The molecule has 2 rings (SSSR count). The molecule has 0 bridgehead atoms. The molecular formula is C19H31N. The molecule has 1 fully saturated rings. The Labute approximate surface area is 125 Å². The molecule has 0 radical (unpaired) electrons. The van der Waals surface area contributed by atoms with Crippen molar-refractivity contribution in [3.63, 3.8) is 0 Å². The fourth-order valence-electron chi connectivity index (χ4n) is 3.29. The monoisotopic (exact) mass is 273 g/mol. The summed E-state index contributed by atoms with van der Waals surface area (Å²) >= 11 is 0. The minimum atomic E-state index is 0.544. The van der Waals surface area contributed by atoms with Crippen LogP contribution in [-0.4, -0.2) is 6.04 Å². The van der Waals surface area contributed by atoms with E-state index in [4.69, 9.17) is 0 Å². The molecule has 1 aliphatic rings. The van der Waals surface area contributed by atoms with Crippen molar-refractivity contribution >= 4 is 0 Å². The van der Waals surface area contributed by atoms with Crippen LogP contribution in [-0.2, 0) is 0 Å². The van der Waals surface area contributed by atoms with E-state index in [1.54, 1.807) is 0 Å². The number of unbranched alkanes of at least 4 members (excludes halogenated alkanes) is 1. The Morgan fingerprint density at radius 2 is 1.80 bits per heavy atom. The molecule has 0 heterocycles. The zero-order valence-corrected chi connectivity index (χ0v) is 13.5. The number of hydrogen-bond donors (Lipinski definition) is 1. The molecule has 0 amide bonds. The molecule has 20 heavy (non-hydrogen) atoms. The van der Waals surface area contributed by atoms with Crippen molar-refractivity contribution in [3.8, 4) is 0 Å². The highest BCUT2D eigenvalue weighted by Crippen LogP contribution is 2.36. The van der Waals surface area contributed by atoms with Gasteiger partial charge >= 0.3 is 0 Å². The highest BCUT2D eigenvalue weighted by molar-refractivity contribution is 5.19. The molecule has 112 valence electrons. The van der Waals surface area contributed by atoms with Crippen LogP contribution in [0.4, 0.5) is 0 Å². The molecule has 1 saturated carbocycles. The lowest BCUT2D eigenvalue weighted by atomic mass is 9.75. The van der Waals surface area contributed by atoms with Gasteiger partial charge in [-0.25, -0.2) is 0 Å². The van der Waals surface area contributed by atoms with E-state index in [1.165, 1.54) is 50.5 Å². The summed E-state index contributed by atoms with van der Waals surface area (Å²) in [6, 6.07) is 12.3. The smallest absolute Gasteiger partial charge is 0.0322 e. The van der Waals surface area contributed by atoms with Crippen LogP contribution in [0, 0.1) is 5.41 Å². The van der Waals surface area contributed by atoms with Crippen molar-refractivity contribution in [1.29, 1.82) is 0 Å². The SMILES string of the molecule is CCCCC(NC1CCC(C)(C)CC1)c1ccccc1. The van der Waals surface area contributed by atoms with E-state index in [0.29, 0.717) is 17.5 Å². The van der Waals surface area contributed by atoms with E-state index in [-0.39, 0.29) is 0 Å². The maximum atomic E-state index is 3.94. The van der Waals surface area contributed by atoms with Crippen LogP contribution in [0.5, 0.6) is 0 Å². The molecule has 1 atom stereocenters. The molecule has 1 aromatic rings. The first-order chi connectivity index (χ1) is 9.61. The Kier molecular flexibility index (Phi) is 5.65. The quantitative estimate of drug-likeness (QED) is 0.724. The molecule has 1 unspecified atom stereocenters. The van der Waals surface area contributed by atoms with Gasteiger partial charge in [-0.3, -0.25) is 0 Å². The van der Waals surface area contributed by atoms with E-state index in [2.05, 4.69) is 56.4 Å². The Bertz CT molecular complexity index is 372. The van der Waals surface area contributed by atoms with E-state index < -0.39 is 0 Å². The third kappa shape index (κ3) is 4.63. The molecule has 0 spiro atoms. The fourth-order valence-corrected chi connectivity index (χ4v) is 3.29. The molecular weight excluding hydrogens is 242 g/mol. The number of rotatable bonds is 6. The molecule has 0 aliphatic heterocycles. The van der Waals surface area contributed by atoms with Crippen molar-refractivity contribution in [2.24, 2.45) is 5.41 Å². The zero-order chi connectivity index (χ0) is 14.4. The first-order valence-corrected chi connectivity index (χ1v) is 8.42. The summed E-state index contributed by atoms with van der Waals surface area (Å²) in [4.78, 5) is 0. The molecule has 0 saturated heterocycles. The average Bonchev–Trinajstić information content (AvgIpc) is 2.46. The lowest BCUT2D eigenvalue weighted by Crippen LogP contribution is -2.37. The Morgan fingerprint density at radius 3 is 2.40 bits per heavy atom. The van der Waals surface area contributed by atoms with Gasteiger partial charge in [0.25, 0.3) is 0 Å². The topological polar surface area (TPSA) is 12.0 Å². The molecule has 0 aromatic heterocycles. The summed E-state index contributed by atoms with van der Waals surface area (Å²) in [5.74, 6) is 0. The number of benzene rings is 1. The van der Waals surface area contributed by atoms with Gasteiger partial charge in [0.05, 0.1) is 0 Å². The van der Waals surface area contributed by atoms with Crippen molar-refractivity contribution in [1.82, 2.24) is 5.32 Å². The Hall–Kier alpha value is -0.820. The van der Waals surface area contributed by atoms with Gasteiger partial charge in [-0.15, -0.1) is 0 Å². The predicted octanol–water partition coefficient (Wildman–Crippen LogP) is 5.48. The van der Waals surface area contributed by atoms with Gasteiger partial charge in [-0.2, -0.15) is 0 Å². The van der Waals surface area contributed by atoms with Gasteiger partial charge in [0, 0.05) is 12.1 Å². The number of hydrogen-bond acceptors (Lipinski definition) is 1. The summed E-state index contributed by atoms with van der Waals surface area (Å²) in [5, 5.41) is 3.94. The second-order valence-electron chi connectivity index (χ2n) is 7.21. The van der Waals surface area contributed by atoms with Gasteiger partial charge < -0.3 is 5.32 Å². The summed E-state index contributed by atoms with van der Waals surface area (Å²) in [5.41, 5.74) is 2.02. The lowest BCUT2D eigenvalue weighted by molar-refractivity contribution is 0.196. The number of nitrogens with one attached hydrogen (secondary N) is 1. The third-order valence-corrected chi connectivity index (χ3v) is 4.82. The normalized spacial score (nSPS) is 20.8. The Balaban J connectivity index is 1.94. The van der Waals surface area contributed by atoms with Crippen molar-refractivity contribution in [2.75, 3.05) is 0 Å². The highest BCUT2D eigenvalue weighted by Gasteiger charge is 2.28. The van der Waals surface area contributed by atoms with Crippen LogP contribution >= 0.6 is 0 Å². The van der Waals surface area contributed by atoms with Crippen molar-refractivity contribution in [2.45, 2.75) is 77.8 Å². The van der Waals surface area contributed by atoms with Crippen molar-refractivity contribution in [3.05, 3.63) is 35.9 Å². The fraction of sp³-hybridized carbons (Fsp3) is 0.684. The Morgan fingerprint density at radius 1 is 1.15 bits per heavy atom. The molecule has 1 heteroatoms. The minimum Gasteiger partial charge on any atom is -0.307 e.